The minimum atomic E-state index is -0.142. The van der Waals surface area contributed by atoms with Crippen LogP contribution in [-0.4, -0.2) is 5.91 Å². The van der Waals surface area contributed by atoms with E-state index in [4.69, 9.17) is 16.0 Å². The molecule has 0 aliphatic rings. The van der Waals surface area contributed by atoms with E-state index in [1.807, 2.05) is 49.4 Å². The Morgan fingerprint density at radius 3 is 2.61 bits per heavy atom. The summed E-state index contributed by atoms with van der Waals surface area (Å²) in [5, 5.41) is 3.49. The first-order valence-corrected chi connectivity index (χ1v) is 7.70. The van der Waals surface area contributed by atoms with Gasteiger partial charge < -0.3 is 9.73 Å². The number of nitrogens with one attached hydrogen (secondary N) is 1. The molecule has 0 radical (unpaired) electrons. The second kappa shape index (κ2) is 6.71. The summed E-state index contributed by atoms with van der Waals surface area (Å²) in [4.78, 5) is 12.2. The van der Waals surface area contributed by atoms with Crippen molar-refractivity contribution in [3.05, 3.63) is 82.6 Å². The number of rotatable bonds is 4. The quantitative estimate of drug-likeness (QED) is 0.746. The molecule has 0 bridgehead atoms. The summed E-state index contributed by atoms with van der Waals surface area (Å²) in [5.41, 5.74) is 2.47. The summed E-state index contributed by atoms with van der Waals surface area (Å²) >= 11 is 5.91. The van der Waals surface area contributed by atoms with Crippen molar-refractivity contribution in [2.24, 2.45) is 0 Å². The maximum Gasteiger partial charge on any atom is 0.251 e. The van der Waals surface area contributed by atoms with E-state index in [9.17, 15) is 4.79 Å². The molecule has 1 amide bonds. The van der Waals surface area contributed by atoms with E-state index in [0.29, 0.717) is 22.9 Å². The van der Waals surface area contributed by atoms with Crippen LogP contribution in [0.1, 0.15) is 21.7 Å². The lowest BCUT2D eigenvalue weighted by molar-refractivity contribution is 0.0947. The highest BCUT2D eigenvalue weighted by Gasteiger charge is 2.10. The minimum absolute atomic E-state index is 0.142. The molecule has 0 spiro atoms. The SMILES string of the molecule is Cc1cc(Cl)ccc1C(=O)NCc1ccc(-c2ccccc2)o1. The Hall–Kier alpha value is -2.52. The summed E-state index contributed by atoms with van der Waals surface area (Å²) in [6.07, 6.45) is 0. The molecule has 0 aliphatic heterocycles. The third-order valence-electron chi connectivity index (χ3n) is 3.58. The lowest BCUT2D eigenvalue weighted by atomic mass is 10.1. The largest absolute Gasteiger partial charge is 0.459 e. The molecule has 1 heterocycles. The lowest BCUT2D eigenvalue weighted by Gasteiger charge is -2.07. The Morgan fingerprint density at radius 2 is 1.87 bits per heavy atom. The van der Waals surface area contributed by atoms with Crippen LogP contribution < -0.4 is 5.32 Å². The van der Waals surface area contributed by atoms with Crippen molar-refractivity contribution in [3.63, 3.8) is 0 Å². The van der Waals surface area contributed by atoms with Gasteiger partial charge in [0.25, 0.3) is 5.91 Å². The molecule has 4 heteroatoms. The molecule has 3 aromatic rings. The molecule has 0 atom stereocenters. The molecule has 2 aromatic carbocycles. The predicted molar refractivity (Wildman–Crippen MR) is 91.5 cm³/mol. The van der Waals surface area contributed by atoms with Crippen LogP contribution in [0.2, 0.25) is 5.02 Å². The van der Waals surface area contributed by atoms with Crippen molar-refractivity contribution in [2.75, 3.05) is 0 Å². The van der Waals surface area contributed by atoms with E-state index in [0.717, 1.165) is 16.9 Å². The standard InChI is InChI=1S/C19H16ClNO2/c1-13-11-15(20)7-9-17(13)19(22)21-12-16-8-10-18(23-16)14-5-3-2-4-6-14/h2-11H,12H2,1H3,(H,21,22). The molecule has 1 aromatic heterocycles. The number of hydrogen-bond donors (Lipinski definition) is 1. The molecular weight excluding hydrogens is 310 g/mol. The van der Waals surface area contributed by atoms with Crippen molar-refractivity contribution in [3.8, 4) is 11.3 Å². The molecule has 3 nitrogen and oxygen atoms in total. The van der Waals surface area contributed by atoms with Gasteiger partial charge in [0.05, 0.1) is 6.54 Å². The van der Waals surface area contributed by atoms with Gasteiger partial charge in [-0.3, -0.25) is 4.79 Å². The van der Waals surface area contributed by atoms with Gasteiger partial charge in [-0.05, 0) is 42.8 Å². The first kappa shape index (κ1) is 15.4. The summed E-state index contributed by atoms with van der Waals surface area (Å²) in [5.74, 6) is 1.36. The van der Waals surface area contributed by atoms with Gasteiger partial charge >= 0.3 is 0 Å². The Morgan fingerprint density at radius 1 is 1.09 bits per heavy atom. The summed E-state index contributed by atoms with van der Waals surface area (Å²) in [6.45, 7) is 2.20. The lowest BCUT2D eigenvalue weighted by Crippen LogP contribution is -2.23. The summed E-state index contributed by atoms with van der Waals surface area (Å²) in [6, 6.07) is 18.8. The van der Waals surface area contributed by atoms with E-state index >= 15 is 0 Å². The third kappa shape index (κ3) is 3.63. The van der Waals surface area contributed by atoms with E-state index in [1.165, 1.54) is 0 Å². The molecule has 0 saturated heterocycles. The molecule has 23 heavy (non-hydrogen) atoms. The Balaban J connectivity index is 1.67. The maximum atomic E-state index is 12.2. The topological polar surface area (TPSA) is 42.2 Å². The molecule has 1 N–H and O–H groups in total. The van der Waals surface area contributed by atoms with Crippen LogP contribution in [-0.2, 0) is 6.54 Å². The van der Waals surface area contributed by atoms with Crippen LogP contribution in [0, 0.1) is 6.92 Å². The maximum absolute atomic E-state index is 12.2. The van der Waals surface area contributed by atoms with Crippen LogP contribution in [0.25, 0.3) is 11.3 Å². The fraction of sp³-hybridized carbons (Fsp3) is 0.105. The van der Waals surface area contributed by atoms with Gasteiger partial charge in [0, 0.05) is 16.1 Å². The number of aryl methyl sites for hydroxylation is 1. The predicted octanol–water partition coefficient (Wildman–Crippen LogP) is 4.84. The monoisotopic (exact) mass is 325 g/mol. The first-order chi connectivity index (χ1) is 11.1. The smallest absolute Gasteiger partial charge is 0.251 e. The zero-order chi connectivity index (χ0) is 16.2. The number of halogens is 1. The van der Waals surface area contributed by atoms with Crippen molar-refractivity contribution >= 4 is 17.5 Å². The number of amides is 1. The van der Waals surface area contributed by atoms with E-state index < -0.39 is 0 Å². The number of carbonyl (C=O) groups is 1. The summed E-state index contributed by atoms with van der Waals surface area (Å²) in [7, 11) is 0. The van der Waals surface area contributed by atoms with Crippen molar-refractivity contribution in [1.29, 1.82) is 0 Å². The van der Waals surface area contributed by atoms with Crippen LogP contribution in [0.5, 0.6) is 0 Å². The van der Waals surface area contributed by atoms with Gasteiger partial charge in [0.2, 0.25) is 0 Å². The van der Waals surface area contributed by atoms with Gasteiger partial charge in [-0.2, -0.15) is 0 Å². The second-order valence-corrected chi connectivity index (χ2v) is 5.71. The number of hydrogen-bond acceptors (Lipinski definition) is 2. The fourth-order valence-electron chi connectivity index (χ4n) is 2.37. The zero-order valence-electron chi connectivity index (χ0n) is 12.7. The van der Waals surface area contributed by atoms with E-state index in [2.05, 4.69) is 5.32 Å². The highest BCUT2D eigenvalue weighted by molar-refractivity contribution is 6.30. The van der Waals surface area contributed by atoms with Crippen LogP contribution in [0.15, 0.2) is 65.1 Å². The molecular formula is C19H16ClNO2. The van der Waals surface area contributed by atoms with Gasteiger partial charge in [-0.1, -0.05) is 41.9 Å². The molecule has 0 aliphatic carbocycles. The normalized spacial score (nSPS) is 10.5. The van der Waals surface area contributed by atoms with Crippen molar-refractivity contribution in [2.45, 2.75) is 13.5 Å². The zero-order valence-corrected chi connectivity index (χ0v) is 13.4. The van der Waals surface area contributed by atoms with Gasteiger partial charge in [-0.25, -0.2) is 0 Å². The number of furan rings is 1. The average molecular weight is 326 g/mol. The second-order valence-electron chi connectivity index (χ2n) is 5.27. The minimum Gasteiger partial charge on any atom is -0.459 e. The molecule has 0 saturated carbocycles. The molecule has 116 valence electrons. The number of benzene rings is 2. The summed E-state index contributed by atoms with van der Waals surface area (Å²) < 4.78 is 5.77. The van der Waals surface area contributed by atoms with Gasteiger partial charge in [-0.15, -0.1) is 0 Å². The Bertz CT molecular complexity index is 824. The van der Waals surface area contributed by atoms with Gasteiger partial charge in [0.15, 0.2) is 0 Å². The van der Waals surface area contributed by atoms with E-state index in [1.54, 1.807) is 18.2 Å². The van der Waals surface area contributed by atoms with Crippen LogP contribution >= 0.6 is 11.6 Å². The fourth-order valence-corrected chi connectivity index (χ4v) is 2.60. The third-order valence-corrected chi connectivity index (χ3v) is 3.81. The average Bonchev–Trinajstić information content (AvgIpc) is 3.02. The molecule has 0 unspecified atom stereocenters. The molecule has 0 fully saturated rings. The number of carbonyl (C=O) groups excluding carboxylic acids is 1. The Kier molecular flexibility index (Phi) is 4.49. The van der Waals surface area contributed by atoms with Crippen LogP contribution in [0.3, 0.4) is 0 Å². The highest BCUT2D eigenvalue weighted by atomic mass is 35.5. The van der Waals surface area contributed by atoms with Crippen LogP contribution in [0.4, 0.5) is 0 Å². The highest BCUT2D eigenvalue weighted by Crippen LogP contribution is 2.22. The molecule has 3 rings (SSSR count). The first-order valence-electron chi connectivity index (χ1n) is 7.32. The van der Waals surface area contributed by atoms with Crippen molar-refractivity contribution in [1.82, 2.24) is 5.32 Å². The van der Waals surface area contributed by atoms with Gasteiger partial charge in [0.1, 0.15) is 11.5 Å². The van der Waals surface area contributed by atoms with Crippen molar-refractivity contribution < 1.29 is 9.21 Å². The van der Waals surface area contributed by atoms with E-state index in [-0.39, 0.29) is 5.91 Å². The Labute approximate surface area is 139 Å².